The largest absolute Gasteiger partial charge is 0.443 e. The van der Waals surface area contributed by atoms with E-state index in [0.717, 1.165) is 4.90 Å². The second-order valence-electron chi connectivity index (χ2n) is 9.60. The maximum Gasteiger partial charge on any atom is 0.424 e. The van der Waals surface area contributed by atoms with Crippen molar-refractivity contribution in [2.45, 2.75) is 78.3 Å². The van der Waals surface area contributed by atoms with Gasteiger partial charge in [-0.25, -0.2) is 13.8 Å². The molecule has 0 spiro atoms. The monoisotopic (exact) mass is 458 g/mol. The van der Waals surface area contributed by atoms with E-state index in [0.29, 0.717) is 10.6 Å². The Bertz CT molecular complexity index is 820. The molecular formula is C21H31ClN2O5S. The zero-order valence-electron chi connectivity index (χ0n) is 19.0. The van der Waals surface area contributed by atoms with E-state index in [1.807, 2.05) is 0 Å². The van der Waals surface area contributed by atoms with Crippen molar-refractivity contribution < 1.29 is 23.3 Å². The Balaban J connectivity index is 3.39. The summed E-state index contributed by atoms with van der Waals surface area (Å²) in [6, 6.07) is 4.49. The highest BCUT2D eigenvalue weighted by molar-refractivity contribution is 7.85. The van der Waals surface area contributed by atoms with Gasteiger partial charge in [0.1, 0.15) is 22.2 Å². The zero-order chi connectivity index (χ0) is 23.5. The van der Waals surface area contributed by atoms with Crippen LogP contribution in [-0.4, -0.2) is 38.6 Å². The van der Waals surface area contributed by atoms with Gasteiger partial charge in [-0.15, -0.1) is 0 Å². The van der Waals surface area contributed by atoms with Gasteiger partial charge in [0.25, 0.3) is 0 Å². The molecule has 1 rings (SSSR count). The number of rotatable bonds is 3. The summed E-state index contributed by atoms with van der Waals surface area (Å²) in [4.78, 5) is 26.3. The average molecular weight is 459 g/mol. The zero-order valence-corrected chi connectivity index (χ0v) is 20.6. The summed E-state index contributed by atoms with van der Waals surface area (Å²) in [6.07, 6.45) is -0.421. The topological polar surface area (TPSA) is 85.3 Å². The molecule has 0 unspecified atom stereocenters. The van der Waals surface area contributed by atoms with E-state index in [2.05, 4.69) is 4.40 Å². The van der Waals surface area contributed by atoms with E-state index >= 15 is 0 Å². The molecule has 0 aromatic heterocycles. The van der Waals surface area contributed by atoms with Crippen LogP contribution in [0.1, 0.15) is 67.9 Å². The number of benzene rings is 1. The van der Waals surface area contributed by atoms with Gasteiger partial charge < -0.3 is 9.47 Å². The van der Waals surface area contributed by atoms with Crippen LogP contribution >= 0.6 is 11.6 Å². The second-order valence-corrected chi connectivity index (χ2v) is 11.9. The van der Waals surface area contributed by atoms with Crippen molar-refractivity contribution in [3.63, 3.8) is 0 Å². The van der Waals surface area contributed by atoms with Crippen LogP contribution in [0.5, 0.6) is 0 Å². The van der Waals surface area contributed by atoms with E-state index in [4.69, 9.17) is 21.1 Å². The standard InChI is InChI=1S/C21H31ClN2O5S/c1-19(2,3)28-17(25)24(18(26)29-20(4,5)6)15-10-11-16(22)14(12-15)13-23-30(27)21(7,8)9/h10-13H,1-9H3/b23-13-/t30-/m0/s1. The molecule has 0 aliphatic heterocycles. The third-order valence-electron chi connectivity index (χ3n) is 3.20. The van der Waals surface area contributed by atoms with Crippen LogP contribution in [0.3, 0.4) is 0 Å². The molecule has 168 valence electrons. The summed E-state index contributed by atoms with van der Waals surface area (Å²) < 4.78 is 26.5. The van der Waals surface area contributed by atoms with Crippen molar-refractivity contribution in [2.24, 2.45) is 4.40 Å². The maximum atomic E-state index is 12.8. The van der Waals surface area contributed by atoms with E-state index < -0.39 is 39.1 Å². The highest BCUT2D eigenvalue weighted by atomic mass is 35.5. The van der Waals surface area contributed by atoms with Crippen LogP contribution in [0.25, 0.3) is 0 Å². The minimum absolute atomic E-state index is 0.186. The first-order valence-electron chi connectivity index (χ1n) is 9.42. The quantitative estimate of drug-likeness (QED) is 0.526. The van der Waals surface area contributed by atoms with Gasteiger partial charge in [0.2, 0.25) is 0 Å². The Kier molecular flexibility index (Phi) is 8.24. The van der Waals surface area contributed by atoms with Crippen LogP contribution < -0.4 is 4.90 Å². The number of halogens is 1. The van der Waals surface area contributed by atoms with Gasteiger partial charge in [-0.3, -0.25) is 0 Å². The Morgan fingerprint density at radius 3 is 1.83 bits per heavy atom. The average Bonchev–Trinajstić information content (AvgIpc) is 2.50. The molecule has 0 aliphatic carbocycles. The first-order chi connectivity index (χ1) is 13.4. The van der Waals surface area contributed by atoms with Crippen LogP contribution in [0.4, 0.5) is 15.3 Å². The Morgan fingerprint density at radius 2 is 1.43 bits per heavy atom. The van der Waals surface area contributed by atoms with Gasteiger partial charge >= 0.3 is 12.2 Å². The molecule has 1 aromatic rings. The number of ether oxygens (including phenoxy) is 2. The highest BCUT2D eigenvalue weighted by Gasteiger charge is 2.33. The van der Waals surface area contributed by atoms with E-state index in [1.165, 1.54) is 24.4 Å². The summed E-state index contributed by atoms with van der Waals surface area (Å²) in [7, 11) is -1.49. The van der Waals surface area contributed by atoms with Crippen molar-refractivity contribution in [1.82, 2.24) is 0 Å². The van der Waals surface area contributed by atoms with Crippen LogP contribution in [0.15, 0.2) is 22.6 Å². The van der Waals surface area contributed by atoms with Gasteiger partial charge in [-0.1, -0.05) is 11.6 Å². The fourth-order valence-corrected chi connectivity index (χ4v) is 2.62. The van der Waals surface area contributed by atoms with Crippen molar-refractivity contribution in [3.8, 4) is 0 Å². The van der Waals surface area contributed by atoms with Gasteiger partial charge in [0, 0.05) is 16.8 Å². The molecule has 0 radical (unpaired) electrons. The van der Waals surface area contributed by atoms with Gasteiger partial charge in [0.05, 0.1) is 10.4 Å². The molecule has 1 aromatic carbocycles. The molecule has 7 nitrogen and oxygen atoms in total. The Labute approximate surface area is 186 Å². The lowest BCUT2D eigenvalue weighted by atomic mass is 10.2. The molecular weight excluding hydrogens is 428 g/mol. The minimum Gasteiger partial charge on any atom is -0.443 e. The Morgan fingerprint density at radius 1 is 0.967 bits per heavy atom. The van der Waals surface area contributed by atoms with Gasteiger partial charge in [-0.05, 0) is 80.5 Å². The number of hydrogen-bond donors (Lipinski definition) is 0. The molecule has 0 fully saturated rings. The van der Waals surface area contributed by atoms with Crippen molar-refractivity contribution in [3.05, 3.63) is 28.8 Å². The molecule has 0 N–H and O–H groups in total. The molecule has 0 saturated carbocycles. The molecule has 0 heterocycles. The van der Waals surface area contributed by atoms with Crippen molar-refractivity contribution >= 4 is 46.7 Å². The molecule has 30 heavy (non-hydrogen) atoms. The lowest BCUT2D eigenvalue weighted by Gasteiger charge is -2.28. The number of nitrogens with zero attached hydrogens (tertiary/aromatic N) is 2. The second kappa shape index (κ2) is 9.47. The maximum absolute atomic E-state index is 12.8. The third-order valence-corrected chi connectivity index (χ3v) is 4.89. The first kappa shape index (κ1) is 26.1. The van der Waals surface area contributed by atoms with Crippen LogP contribution in [0, 0.1) is 0 Å². The molecule has 2 amide bonds. The fraction of sp³-hybridized carbons (Fsp3) is 0.571. The van der Waals surface area contributed by atoms with Gasteiger partial charge in [-0.2, -0.15) is 9.30 Å². The number of imide groups is 1. The number of hydrogen-bond acceptors (Lipinski definition) is 5. The van der Waals surface area contributed by atoms with Crippen LogP contribution in [0.2, 0.25) is 5.02 Å². The van der Waals surface area contributed by atoms with Crippen LogP contribution in [-0.2, 0) is 20.5 Å². The third kappa shape index (κ3) is 8.44. The molecule has 0 aliphatic rings. The lowest BCUT2D eigenvalue weighted by Crippen LogP contribution is -2.43. The lowest BCUT2D eigenvalue weighted by molar-refractivity contribution is 0.0430. The van der Waals surface area contributed by atoms with Crippen molar-refractivity contribution in [1.29, 1.82) is 0 Å². The molecule has 0 bridgehead atoms. The number of carbonyl (C=O) groups is 2. The van der Waals surface area contributed by atoms with E-state index in [-0.39, 0.29) is 5.69 Å². The highest BCUT2D eigenvalue weighted by Crippen LogP contribution is 2.26. The van der Waals surface area contributed by atoms with Crippen molar-refractivity contribution in [2.75, 3.05) is 4.90 Å². The van der Waals surface area contributed by atoms with E-state index in [9.17, 15) is 13.8 Å². The summed E-state index contributed by atoms with van der Waals surface area (Å²) in [5.41, 5.74) is -1.07. The fourth-order valence-electron chi connectivity index (χ4n) is 1.93. The van der Waals surface area contributed by atoms with Gasteiger partial charge in [0.15, 0.2) is 0 Å². The van der Waals surface area contributed by atoms with E-state index in [1.54, 1.807) is 62.3 Å². The number of carbonyl (C=O) groups excluding carboxylic acids is 2. The predicted octanol–water partition coefficient (Wildman–Crippen LogP) is 5.90. The molecule has 9 heteroatoms. The first-order valence-corrected chi connectivity index (χ1v) is 10.9. The minimum atomic E-state index is -1.49. The number of amides is 2. The summed E-state index contributed by atoms with van der Waals surface area (Å²) >= 11 is 6.23. The number of anilines is 1. The SMILES string of the molecule is CC(C)(C)OC(=O)N(C(=O)OC(C)(C)C)c1ccc(Cl)c(/C=N\[S@@](=O)C(C)(C)C)c1. The summed E-state index contributed by atoms with van der Waals surface area (Å²) in [5, 5.41) is 0.321. The summed E-state index contributed by atoms with van der Waals surface area (Å²) in [6.45, 7) is 15.6. The smallest absolute Gasteiger partial charge is 0.424 e. The summed E-state index contributed by atoms with van der Waals surface area (Å²) in [5.74, 6) is 0. The predicted molar refractivity (Wildman–Crippen MR) is 122 cm³/mol. The Hall–Kier alpha value is -1.93. The normalized spacial score (nSPS) is 13.8. The molecule has 1 atom stereocenters. The molecule has 0 saturated heterocycles.